The second-order valence-corrected chi connectivity index (χ2v) is 8.79. The van der Waals surface area contributed by atoms with Crippen molar-refractivity contribution in [3.8, 4) is 5.75 Å². The normalized spacial score (nSPS) is 15.5. The molecule has 4 heteroatoms. The highest BCUT2D eigenvalue weighted by Crippen LogP contribution is 2.42. The van der Waals surface area contributed by atoms with E-state index in [2.05, 4.69) is 84.7 Å². The highest BCUT2D eigenvalue weighted by molar-refractivity contribution is 9.10. The van der Waals surface area contributed by atoms with Crippen LogP contribution in [0.1, 0.15) is 50.8 Å². The van der Waals surface area contributed by atoms with E-state index in [0.717, 1.165) is 34.4 Å². The van der Waals surface area contributed by atoms with Gasteiger partial charge >= 0.3 is 0 Å². The van der Waals surface area contributed by atoms with Gasteiger partial charge in [-0.25, -0.2) is 0 Å². The maximum Gasteiger partial charge on any atom is 0.129 e. The van der Waals surface area contributed by atoms with Crippen LogP contribution in [0.4, 0.5) is 11.4 Å². The van der Waals surface area contributed by atoms with E-state index in [-0.39, 0.29) is 5.54 Å². The number of fused-ring (bicyclic) bond motifs is 1. The van der Waals surface area contributed by atoms with Crippen molar-refractivity contribution in [2.24, 2.45) is 4.99 Å². The lowest BCUT2D eigenvalue weighted by Gasteiger charge is -2.43. The van der Waals surface area contributed by atoms with Gasteiger partial charge in [0, 0.05) is 40.1 Å². The molecule has 0 amide bonds. The van der Waals surface area contributed by atoms with Crippen molar-refractivity contribution in [3.05, 3.63) is 57.6 Å². The Hall–Kier alpha value is -2.07. The average Bonchev–Trinajstić information content (AvgIpc) is 2.65. The van der Waals surface area contributed by atoms with Crippen LogP contribution in [0.15, 0.2) is 45.9 Å². The molecule has 1 heterocycles. The molecule has 148 valence electrons. The van der Waals surface area contributed by atoms with Gasteiger partial charge < -0.3 is 9.64 Å². The van der Waals surface area contributed by atoms with Crippen LogP contribution in [0.5, 0.6) is 5.75 Å². The molecule has 2 aromatic rings. The monoisotopic (exact) mass is 440 g/mol. The molecule has 0 spiro atoms. The van der Waals surface area contributed by atoms with E-state index in [0.29, 0.717) is 0 Å². The Morgan fingerprint density at radius 1 is 1.18 bits per heavy atom. The fourth-order valence-corrected chi connectivity index (χ4v) is 4.13. The summed E-state index contributed by atoms with van der Waals surface area (Å²) in [4.78, 5) is 7.16. The van der Waals surface area contributed by atoms with Crippen molar-refractivity contribution in [2.75, 3.05) is 18.6 Å². The van der Waals surface area contributed by atoms with Gasteiger partial charge in [-0.2, -0.15) is 0 Å². The van der Waals surface area contributed by atoms with Crippen LogP contribution in [0.25, 0.3) is 5.57 Å². The second-order valence-electron chi connectivity index (χ2n) is 7.94. The number of aliphatic imine (C=N–C) groups is 1. The molecule has 0 saturated carbocycles. The molecule has 3 nitrogen and oxygen atoms in total. The van der Waals surface area contributed by atoms with Gasteiger partial charge in [-0.1, -0.05) is 28.9 Å². The molecule has 2 aromatic carbocycles. The number of aryl methyl sites for hydroxylation is 1. The van der Waals surface area contributed by atoms with E-state index in [9.17, 15) is 0 Å². The fraction of sp³-hybridized carbons (Fsp3) is 0.375. The van der Waals surface area contributed by atoms with Crippen molar-refractivity contribution in [1.82, 2.24) is 0 Å². The van der Waals surface area contributed by atoms with Gasteiger partial charge in [0.25, 0.3) is 0 Å². The maximum absolute atomic E-state index is 5.73. The molecule has 0 aliphatic carbocycles. The molecular formula is C24H29BrN2O. The lowest BCUT2D eigenvalue weighted by Crippen LogP contribution is -2.45. The van der Waals surface area contributed by atoms with Crippen molar-refractivity contribution >= 4 is 39.1 Å². The highest BCUT2D eigenvalue weighted by Gasteiger charge is 2.31. The zero-order chi connectivity index (χ0) is 20.5. The topological polar surface area (TPSA) is 24.8 Å². The largest absolute Gasteiger partial charge is 0.496 e. The Morgan fingerprint density at radius 3 is 2.57 bits per heavy atom. The summed E-state index contributed by atoms with van der Waals surface area (Å²) in [5.41, 5.74) is 6.87. The third-order valence-corrected chi connectivity index (χ3v) is 6.16. The number of hydrogen-bond acceptors (Lipinski definition) is 3. The summed E-state index contributed by atoms with van der Waals surface area (Å²) in [7, 11) is 1.73. The number of hydrogen-bond donors (Lipinski definition) is 0. The van der Waals surface area contributed by atoms with Crippen molar-refractivity contribution < 1.29 is 4.74 Å². The van der Waals surface area contributed by atoms with Crippen molar-refractivity contribution in [2.45, 2.75) is 46.6 Å². The predicted octanol–water partition coefficient (Wildman–Crippen LogP) is 6.93. The third kappa shape index (κ3) is 4.02. The van der Waals surface area contributed by atoms with Crippen molar-refractivity contribution in [1.29, 1.82) is 0 Å². The van der Waals surface area contributed by atoms with Gasteiger partial charge in [-0.05, 0) is 69.5 Å². The van der Waals surface area contributed by atoms with E-state index in [1.54, 1.807) is 7.11 Å². The van der Waals surface area contributed by atoms with E-state index in [1.807, 2.05) is 18.3 Å². The molecule has 0 radical (unpaired) electrons. The summed E-state index contributed by atoms with van der Waals surface area (Å²) in [5, 5.41) is 0. The summed E-state index contributed by atoms with van der Waals surface area (Å²) in [6, 6.07) is 10.5. The molecule has 28 heavy (non-hydrogen) atoms. The third-order valence-electron chi connectivity index (χ3n) is 5.27. The first kappa shape index (κ1) is 20.7. The van der Waals surface area contributed by atoms with E-state index >= 15 is 0 Å². The van der Waals surface area contributed by atoms with Crippen LogP contribution in [0.3, 0.4) is 0 Å². The second kappa shape index (κ2) is 8.12. The number of ether oxygens (including phenoxy) is 1. The molecule has 1 aliphatic heterocycles. The Morgan fingerprint density at radius 2 is 1.93 bits per heavy atom. The molecule has 0 N–H and O–H groups in total. The standard InChI is InChI=1S/C24H29BrN2O/c1-7-10-27-22-13-23(28-6)18(12-20(22)17(3)14-24(27,4)5)15-26-19-8-9-21(25)16(2)11-19/h8-9,11-15H,7,10H2,1-6H3. The number of benzene rings is 2. The SMILES string of the molecule is CCCN1c2cc(OC)c(C=Nc3ccc(Br)c(C)c3)cc2C(C)=CC1(C)C. The minimum atomic E-state index is -0.0112. The van der Waals surface area contributed by atoms with E-state index < -0.39 is 0 Å². The zero-order valence-corrected chi connectivity index (χ0v) is 19.2. The van der Waals surface area contributed by atoms with Crippen LogP contribution in [-0.2, 0) is 0 Å². The van der Waals surface area contributed by atoms with Crippen LogP contribution in [0, 0.1) is 6.92 Å². The molecule has 0 fully saturated rings. The van der Waals surface area contributed by atoms with Crippen molar-refractivity contribution in [3.63, 3.8) is 0 Å². The molecular weight excluding hydrogens is 412 g/mol. The summed E-state index contributed by atoms with van der Waals surface area (Å²) >= 11 is 3.54. The Labute approximate surface area is 177 Å². The number of halogens is 1. The number of nitrogens with zero attached hydrogens (tertiary/aromatic N) is 2. The van der Waals surface area contributed by atoms with Gasteiger partial charge in [0.05, 0.1) is 18.3 Å². The van der Waals surface area contributed by atoms with E-state index in [4.69, 9.17) is 4.74 Å². The molecule has 1 aliphatic rings. The molecule has 0 bridgehead atoms. The lowest BCUT2D eigenvalue weighted by atomic mass is 9.87. The van der Waals surface area contributed by atoms with Crippen LogP contribution < -0.4 is 9.64 Å². The molecule has 0 aromatic heterocycles. The van der Waals surface area contributed by atoms with Crippen LogP contribution in [0.2, 0.25) is 0 Å². The number of allylic oxidation sites excluding steroid dienone is 1. The molecule has 0 saturated heterocycles. The average molecular weight is 441 g/mol. The number of anilines is 1. The van der Waals surface area contributed by atoms with Gasteiger partial charge in [-0.3, -0.25) is 4.99 Å². The highest BCUT2D eigenvalue weighted by atomic mass is 79.9. The first-order chi connectivity index (χ1) is 13.3. The number of rotatable bonds is 5. The summed E-state index contributed by atoms with van der Waals surface area (Å²) in [6.45, 7) is 12.0. The van der Waals surface area contributed by atoms with Gasteiger partial charge in [0.15, 0.2) is 0 Å². The minimum absolute atomic E-state index is 0.0112. The fourth-order valence-electron chi connectivity index (χ4n) is 3.88. The van der Waals surface area contributed by atoms with Gasteiger partial charge in [-0.15, -0.1) is 0 Å². The van der Waals surface area contributed by atoms with Crippen LogP contribution in [-0.4, -0.2) is 25.4 Å². The smallest absolute Gasteiger partial charge is 0.129 e. The maximum atomic E-state index is 5.73. The Bertz CT molecular complexity index is 944. The molecule has 0 atom stereocenters. The van der Waals surface area contributed by atoms with Gasteiger partial charge in [0.1, 0.15) is 5.75 Å². The quantitative estimate of drug-likeness (QED) is 0.470. The predicted molar refractivity (Wildman–Crippen MR) is 124 cm³/mol. The first-order valence-corrected chi connectivity index (χ1v) is 10.6. The minimum Gasteiger partial charge on any atom is -0.496 e. The Kier molecular flexibility index (Phi) is 5.99. The number of methoxy groups -OCH3 is 1. The molecule has 0 unspecified atom stereocenters. The summed E-state index contributed by atoms with van der Waals surface area (Å²) in [6.07, 6.45) is 5.36. The van der Waals surface area contributed by atoms with E-state index in [1.165, 1.54) is 22.4 Å². The molecule has 3 rings (SSSR count). The zero-order valence-electron chi connectivity index (χ0n) is 17.6. The first-order valence-electron chi connectivity index (χ1n) is 9.76. The Balaban J connectivity index is 2.06. The lowest BCUT2D eigenvalue weighted by molar-refractivity contribution is 0.413. The summed E-state index contributed by atoms with van der Waals surface area (Å²) in [5.74, 6) is 0.850. The summed E-state index contributed by atoms with van der Waals surface area (Å²) < 4.78 is 6.82. The van der Waals surface area contributed by atoms with Gasteiger partial charge in [0.2, 0.25) is 0 Å². The van der Waals surface area contributed by atoms with Crippen LogP contribution >= 0.6 is 15.9 Å².